The lowest BCUT2D eigenvalue weighted by Gasteiger charge is -2.68. The van der Waals surface area contributed by atoms with Crippen molar-refractivity contribution in [1.82, 2.24) is 5.32 Å². The highest BCUT2D eigenvalue weighted by atomic mass is 16.5. The van der Waals surface area contributed by atoms with Gasteiger partial charge in [0.15, 0.2) is 0 Å². The first kappa shape index (κ1) is 48.5. The van der Waals surface area contributed by atoms with Crippen molar-refractivity contribution in [1.29, 1.82) is 0 Å². The molecule has 4 saturated carbocycles. The number of allylic oxidation sites excluding steroid dienone is 2. The Morgan fingerprint density at radius 1 is 0.796 bits per heavy atom. The van der Waals surface area contributed by atoms with Gasteiger partial charge in [0.2, 0.25) is 5.91 Å². The number of hydrogen-bond acceptors (Lipinski definition) is 3. The molecule has 1 aromatic rings. The summed E-state index contributed by atoms with van der Waals surface area (Å²) in [6, 6.07) is 7.52. The van der Waals surface area contributed by atoms with Crippen LogP contribution in [0.1, 0.15) is 142 Å². The molecule has 0 aliphatic heterocycles. The smallest absolute Gasteiger partial charge is 0.335 e. The lowest BCUT2D eigenvalue weighted by atomic mass is 9.36. The molecule has 1 amide bonds. The van der Waals surface area contributed by atoms with Crippen molar-refractivity contribution in [2.24, 2.45) is 51.2 Å². The summed E-state index contributed by atoms with van der Waals surface area (Å²) in [7, 11) is 3.51. The summed E-state index contributed by atoms with van der Waals surface area (Å²) in [5, 5.41) is 22.8. The fourth-order valence-corrected chi connectivity index (χ4v) is 12.1. The zero-order valence-electron chi connectivity index (χ0n) is 35.6. The molecule has 0 aromatic heterocycles. The van der Waals surface area contributed by atoms with Crippen molar-refractivity contribution in [3.63, 3.8) is 0 Å². The summed E-state index contributed by atoms with van der Waals surface area (Å²) >= 11 is 0. The Morgan fingerprint density at radius 2 is 1.37 bits per heavy atom. The third-order valence-electron chi connectivity index (χ3n) is 13.9. The van der Waals surface area contributed by atoms with Gasteiger partial charge in [-0.25, -0.2) is 10.0 Å². The Hall–Kier alpha value is -3.50. The Labute approximate surface area is 330 Å². The maximum absolute atomic E-state index is 13.8. The number of carboxylic acids is 1. The number of carboxylic acid groups (broad SMARTS) is 1. The number of amides is 1. The molecule has 54 heavy (non-hydrogen) atoms. The van der Waals surface area contributed by atoms with Gasteiger partial charge < -0.3 is 10.4 Å². The van der Waals surface area contributed by atoms with Gasteiger partial charge in [-0.05, 0) is 127 Å². The van der Waals surface area contributed by atoms with E-state index in [1.807, 2.05) is 26.0 Å². The van der Waals surface area contributed by atoms with Gasteiger partial charge in [0, 0.05) is 0 Å². The van der Waals surface area contributed by atoms with Crippen molar-refractivity contribution in [3.05, 3.63) is 41.5 Å². The van der Waals surface area contributed by atoms with E-state index in [-0.39, 0.29) is 26.8 Å². The number of aromatic carboxylic acids is 1. The van der Waals surface area contributed by atoms with Crippen molar-refractivity contribution < 1.29 is 24.5 Å². The molecule has 8 atom stereocenters. The molecular formula is C48H75N2O4+. The molecule has 0 radical (unpaired) electrons. The first-order valence-electron chi connectivity index (χ1n) is 20.4. The van der Waals surface area contributed by atoms with Crippen LogP contribution < -0.4 is 5.32 Å². The highest BCUT2D eigenvalue weighted by molar-refractivity contribution is 5.88. The summed E-state index contributed by atoms with van der Waals surface area (Å²) in [4.78, 5) is 25.3. The zero-order chi connectivity index (χ0) is 41.7. The van der Waals surface area contributed by atoms with Crippen molar-refractivity contribution >= 4 is 17.4 Å². The Morgan fingerprint density at radius 3 is 1.91 bits per heavy atom. The molecule has 5 aliphatic carbocycles. The number of benzene rings is 1. The highest BCUT2D eigenvalue weighted by Gasteiger charge is 2.66. The van der Waals surface area contributed by atoms with Crippen LogP contribution in [0.2, 0.25) is 0 Å². The van der Waals surface area contributed by atoms with E-state index in [1.54, 1.807) is 26.2 Å². The third-order valence-corrected chi connectivity index (χ3v) is 13.9. The molecule has 1 aromatic carbocycles. The molecule has 5 aliphatic rings. The van der Waals surface area contributed by atoms with Crippen LogP contribution in [0.5, 0.6) is 0 Å². The van der Waals surface area contributed by atoms with E-state index >= 15 is 0 Å². The second kappa shape index (κ2) is 20.4. The van der Waals surface area contributed by atoms with E-state index < -0.39 is 5.97 Å². The third kappa shape index (κ3) is 9.47. The lowest BCUT2D eigenvalue weighted by molar-refractivity contribution is -1.07. The Kier molecular flexibility index (Phi) is 18.4. The molecule has 6 rings (SSSR count). The molecule has 6 nitrogen and oxygen atoms in total. The van der Waals surface area contributed by atoms with Crippen LogP contribution in [0.15, 0.2) is 30.3 Å². The maximum atomic E-state index is 13.8. The van der Waals surface area contributed by atoms with Crippen LogP contribution in [0, 0.1) is 89.8 Å². The van der Waals surface area contributed by atoms with Crippen LogP contribution in [-0.4, -0.2) is 54.0 Å². The largest absolute Gasteiger partial charge is 0.478 e. The molecule has 0 saturated heterocycles. The fourth-order valence-electron chi connectivity index (χ4n) is 12.1. The average molecular weight is 744 g/mol. The number of fused-ring (bicyclic) bond motifs is 7. The number of nitrogens with zero attached hydrogens (tertiary/aromatic N) is 1. The van der Waals surface area contributed by atoms with Gasteiger partial charge in [-0.2, -0.15) is 4.65 Å². The predicted octanol–water partition coefficient (Wildman–Crippen LogP) is 10.6. The number of hydrogen-bond donors (Lipinski definition) is 3. The monoisotopic (exact) mass is 744 g/mol. The van der Waals surface area contributed by atoms with Crippen molar-refractivity contribution in [3.8, 4) is 38.5 Å². The van der Waals surface area contributed by atoms with Gasteiger partial charge in [0.05, 0.1) is 31.6 Å². The number of rotatable bonds is 6. The van der Waals surface area contributed by atoms with E-state index in [1.165, 1.54) is 56.1 Å². The van der Waals surface area contributed by atoms with Gasteiger partial charge in [-0.1, -0.05) is 86.4 Å². The minimum absolute atomic E-state index is 0.0169. The Bertz CT molecular complexity index is 1430. The number of terminal acetylenes is 3. The second-order valence-corrected chi connectivity index (χ2v) is 17.4. The number of nitrogens with one attached hydrogen (secondary N) is 1. The van der Waals surface area contributed by atoms with Crippen molar-refractivity contribution in [2.45, 2.75) is 126 Å². The van der Waals surface area contributed by atoms with E-state index in [9.17, 15) is 19.9 Å². The van der Waals surface area contributed by atoms with E-state index in [2.05, 4.69) is 91.5 Å². The quantitative estimate of drug-likeness (QED) is 0.154. The topological polar surface area (TPSA) is 86.6 Å². The second-order valence-electron chi connectivity index (χ2n) is 17.4. The van der Waals surface area contributed by atoms with Crippen LogP contribution in [-0.2, 0) is 4.79 Å². The maximum Gasteiger partial charge on any atom is 0.335 e. The van der Waals surface area contributed by atoms with Crippen LogP contribution in [0.4, 0.5) is 0 Å². The molecule has 4 unspecified atom stereocenters. The molecule has 3 N–H and O–H groups in total. The lowest BCUT2D eigenvalue weighted by Crippen LogP contribution is -2.62. The van der Waals surface area contributed by atoms with E-state index in [0.717, 1.165) is 25.7 Å². The molecule has 0 bridgehead atoms. The summed E-state index contributed by atoms with van der Waals surface area (Å²) < 4.78 is -0.120. The SMILES string of the molecule is C#C.C#C.C#C.CC.CC1(C)C(c2ccc(C(=O)O)cc2)=CC[C@@]2(C)C1CC[C@@]1(C)C3CC[C@@]4(C(=O)NCC[N+](C)(C)O)CCCC4[C@H]3CCC12.CCC. The fraction of sp³-hybridized carbons (Fsp3) is 0.667. The van der Waals surface area contributed by atoms with Gasteiger partial charge >= 0.3 is 5.97 Å². The predicted molar refractivity (Wildman–Crippen MR) is 226 cm³/mol. The van der Waals surface area contributed by atoms with E-state index in [4.69, 9.17) is 0 Å². The van der Waals surface area contributed by atoms with Gasteiger partial charge in [0.1, 0.15) is 6.54 Å². The molecule has 300 valence electrons. The first-order chi connectivity index (χ1) is 25.5. The molecule has 0 spiro atoms. The van der Waals surface area contributed by atoms with Gasteiger partial charge in [-0.3, -0.25) is 4.79 Å². The van der Waals surface area contributed by atoms with Crippen LogP contribution in [0.25, 0.3) is 5.57 Å². The number of likely N-dealkylation sites (N-methyl/N-ethyl adjacent to an activating group) is 1. The molecule has 6 heteroatoms. The standard InChI is InChI=1S/C37H54N2O4.C3H8.C2H6.3C2H2/c1-34(2)27(24-9-11-25(12-10-24)32(40)41)15-19-36(4)30(34)17-20-35(3)28-16-21-37(33(42)38-22-23-39(5,6)43)18-7-8-29(37)26(28)13-14-31(35)36;1-3-2;4*1-2/h9-12,15,26,28-31,43H,7-8,13-14,16-23H2,1-6H3,(H-,38,40,41,42);3H2,1-2H3;1-2H3;3*1-2H/p+1/t26-,28?,29?,30?,31?,35-,36-,37-;;;;;/m0...../s1. The Balaban J connectivity index is 0.00000121. The molecule has 4 fully saturated rings. The van der Waals surface area contributed by atoms with E-state index in [0.29, 0.717) is 53.7 Å². The van der Waals surface area contributed by atoms with Crippen LogP contribution >= 0.6 is 0 Å². The van der Waals surface area contributed by atoms with Crippen molar-refractivity contribution in [2.75, 3.05) is 27.2 Å². The summed E-state index contributed by atoms with van der Waals surface area (Å²) in [5.74, 6) is 2.48. The summed E-state index contributed by atoms with van der Waals surface area (Å²) in [5.41, 5.74) is 3.25. The number of quaternary nitrogens is 1. The summed E-state index contributed by atoms with van der Waals surface area (Å²) in [6.07, 6.45) is 39.4. The minimum Gasteiger partial charge on any atom is -0.478 e. The van der Waals surface area contributed by atoms with Gasteiger partial charge in [0.25, 0.3) is 0 Å². The summed E-state index contributed by atoms with van der Waals surface area (Å²) in [6.45, 7) is 19.4. The minimum atomic E-state index is -0.874. The number of hydroxylamine groups is 3. The number of carbonyl (C=O) groups is 2. The first-order valence-corrected chi connectivity index (χ1v) is 20.4. The normalized spacial score (nSPS) is 32.3. The average Bonchev–Trinajstić information content (AvgIpc) is 3.61. The molecular weight excluding hydrogens is 669 g/mol. The highest BCUT2D eigenvalue weighted by Crippen LogP contribution is 2.73. The van der Waals surface area contributed by atoms with Gasteiger partial charge in [-0.15, -0.1) is 38.5 Å². The molecule has 0 heterocycles. The van der Waals surface area contributed by atoms with Crippen LogP contribution in [0.3, 0.4) is 0 Å². The number of carbonyl (C=O) groups excluding carboxylic acids is 1. The zero-order valence-corrected chi connectivity index (χ0v) is 35.6.